The summed E-state index contributed by atoms with van der Waals surface area (Å²) in [5, 5.41) is 19.4. The molecule has 35 heavy (non-hydrogen) atoms. The third-order valence-electron chi connectivity index (χ3n) is 5.65. The predicted molar refractivity (Wildman–Crippen MR) is 123 cm³/mol. The second-order valence-corrected chi connectivity index (χ2v) is 7.83. The molecule has 1 aliphatic heterocycles. The lowest BCUT2D eigenvalue weighted by atomic mass is 10.1. The summed E-state index contributed by atoms with van der Waals surface area (Å²) in [7, 11) is 1.32. The Balaban J connectivity index is 1.41. The molecule has 0 bridgehead atoms. The molecule has 0 saturated carbocycles. The molecule has 2 aromatic carbocycles. The van der Waals surface area contributed by atoms with E-state index in [0.29, 0.717) is 48.7 Å². The minimum Gasteiger partial charge on any atom is -0.507 e. The van der Waals surface area contributed by atoms with Crippen LogP contribution in [0.2, 0.25) is 0 Å². The Hall–Kier alpha value is -4.45. The number of halogens is 1. The average molecular weight is 480 g/mol. The summed E-state index contributed by atoms with van der Waals surface area (Å²) < 4.78 is 24.6. The average Bonchev–Trinajstić information content (AvgIpc) is 3.49. The van der Waals surface area contributed by atoms with E-state index in [4.69, 9.17) is 9.47 Å². The minimum atomic E-state index is -0.939. The van der Waals surface area contributed by atoms with E-state index >= 15 is 0 Å². The maximum Gasteiger partial charge on any atom is 0.262 e. The topological polar surface area (TPSA) is 145 Å². The van der Waals surface area contributed by atoms with Gasteiger partial charge < -0.3 is 29.8 Å². The van der Waals surface area contributed by atoms with E-state index in [1.807, 2.05) is 0 Å². The van der Waals surface area contributed by atoms with Crippen molar-refractivity contribution in [3.8, 4) is 23.0 Å². The van der Waals surface area contributed by atoms with Gasteiger partial charge in [-0.3, -0.25) is 14.7 Å². The number of phenolic OH excluding ortho intramolecular Hbond substituents is 1. The first kappa shape index (κ1) is 22.3. The number of fused-ring (bicyclic) bond motifs is 1. The van der Waals surface area contributed by atoms with Crippen LogP contribution < -0.4 is 10.1 Å². The number of carbonyl (C=O) groups excluding carboxylic acids is 2. The molecule has 1 fully saturated rings. The normalized spacial score (nSPS) is 13.7. The number of ether oxygens (including phenoxy) is 2. The standard InChI is InChI=1S/C23H21FN6O5/c1-34-13-9-14(24)19(18(31)10-13)22(32)28-17-11-25-29-20(17)21-26-15-3-2-12(8-16(15)27-21)23(33)30-4-6-35-7-5-30/h2-3,8-11,31H,4-7H2,1H3,(H,25,29)(H,26,27)(H,28,32). The van der Waals surface area contributed by atoms with Gasteiger partial charge in [0.25, 0.3) is 11.8 Å². The molecule has 11 nitrogen and oxygen atoms in total. The van der Waals surface area contributed by atoms with Crippen LogP contribution in [0, 0.1) is 5.82 Å². The first-order valence-corrected chi connectivity index (χ1v) is 10.7. The van der Waals surface area contributed by atoms with Crippen LogP contribution in [0.15, 0.2) is 36.5 Å². The van der Waals surface area contributed by atoms with Crippen molar-refractivity contribution >= 4 is 28.5 Å². The molecule has 4 N–H and O–H groups in total. The van der Waals surface area contributed by atoms with Crippen LogP contribution >= 0.6 is 0 Å². The van der Waals surface area contributed by atoms with Gasteiger partial charge in [0.2, 0.25) is 0 Å². The Labute approximate surface area is 197 Å². The largest absolute Gasteiger partial charge is 0.507 e. The van der Waals surface area contributed by atoms with E-state index in [9.17, 15) is 19.1 Å². The van der Waals surface area contributed by atoms with Crippen LogP contribution in [0.5, 0.6) is 11.5 Å². The quantitative estimate of drug-likeness (QED) is 0.343. The van der Waals surface area contributed by atoms with E-state index < -0.39 is 23.0 Å². The number of morpholine rings is 1. The van der Waals surface area contributed by atoms with Crippen LogP contribution in [0.25, 0.3) is 22.6 Å². The fourth-order valence-electron chi connectivity index (χ4n) is 3.86. The van der Waals surface area contributed by atoms with E-state index in [0.717, 1.165) is 12.1 Å². The number of H-pyrrole nitrogens is 2. The first-order chi connectivity index (χ1) is 16.9. The molecule has 0 aliphatic carbocycles. The van der Waals surface area contributed by atoms with E-state index in [1.165, 1.54) is 13.3 Å². The van der Waals surface area contributed by atoms with Crippen molar-refractivity contribution in [3.05, 3.63) is 53.5 Å². The Morgan fingerprint density at radius 3 is 2.77 bits per heavy atom. The number of phenols is 1. The number of anilines is 1. The molecule has 0 spiro atoms. The van der Waals surface area contributed by atoms with Gasteiger partial charge in [0, 0.05) is 37.0 Å². The number of hydrogen-bond donors (Lipinski definition) is 4. The molecule has 12 heteroatoms. The highest BCUT2D eigenvalue weighted by molar-refractivity contribution is 6.08. The lowest BCUT2D eigenvalue weighted by molar-refractivity contribution is 0.0303. The highest BCUT2D eigenvalue weighted by Gasteiger charge is 2.23. The lowest BCUT2D eigenvalue weighted by Gasteiger charge is -2.26. The van der Waals surface area contributed by atoms with E-state index in [2.05, 4.69) is 25.5 Å². The van der Waals surface area contributed by atoms with Gasteiger partial charge in [0.1, 0.15) is 22.9 Å². The van der Waals surface area contributed by atoms with Crippen molar-refractivity contribution in [3.63, 3.8) is 0 Å². The summed E-state index contributed by atoms with van der Waals surface area (Å²) in [6, 6.07) is 7.28. The number of carbonyl (C=O) groups is 2. The van der Waals surface area contributed by atoms with E-state index in [1.54, 1.807) is 23.1 Å². The zero-order chi connectivity index (χ0) is 24.5. The van der Waals surface area contributed by atoms with Crippen LogP contribution in [-0.4, -0.2) is 75.4 Å². The molecule has 2 amide bonds. The summed E-state index contributed by atoms with van der Waals surface area (Å²) >= 11 is 0. The highest BCUT2D eigenvalue weighted by Crippen LogP contribution is 2.30. The number of hydrogen-bond acceptors (Lipinski definition) is 7. The van der Waals surface area contributed by atoms with Crippen LogP contribution in [-0.2, 0) is 4.74 Å². The van der Waals surface area contributed by atoms with Crippen LogP contribution in [0.3, 0.4) is 0 Å². The maximum absolute atomic E-state index is 14.4. The monoisotopic (exact) mass is 480 g/mol. The minimum absolute atomic E-state index is 0.0781. The third-order valence-corrected chi connectivity index (χ3v) is 5.65. The number of aromatic hydroxyl groups is 1. The van der Waals surface area contributed by atoms with Crippen molar-refractivity contribution in [1.82, 2.24) is 25.1 Å². The van der Waals surface area contributed by atoms with Gasteiger partial charge in [0.15, 0.2) is 11.5 Å². The summed E-state index contributed by atoms with van der Waals surface area (Å²) in [5.74, 6) is -2.08. The van der Waals surface area contributed by atoms with Crippen LogP contribution in [0.1, 0.15) is 20.7 Å². The van der Waals surface area contributed by atoms with Crippen molar-refractivity contribution in [1.29, 1.82) is 0 Å². The van der Waals surface area contributed by atoms with E-state index in [-0.39, 0.29) is 23.0 Å². The fourth-order valence-corrected chi connectivity index (χ4v) is 3.86. The number of nitrogens with zero attached hydrogens (tertiary/aromatic N) is 3. The number of benzene rings is 2. The first-order valence-electron chi connectivity index (χ1n) is 10.7. The second kappa shape index (κ2) is 9.06. The number of amides is 2. The Morgan fingerprint density at radius 2 is 2.03 bits per heavy atom. The maximum atomic E-state index is 14.4. The van der Waals surface area contributed by atoms with Crippen molar-refractivity contribution in [2.45, 2.75) is 0 Å². The third kappa shape index (κ3) is 4.26. The summed E-state index contributed by atoms with van der Waals surface area (Å²) in [6.45, 7) is 2.07. The van der Waals surface area contributed by atoms with Gasteiger partial charge in [-0.2, -0.15) is 5.10 Å². The van der Waals surface area contributed by atoms with Gasteiger partial charge in [0.05, 0.1) is 37.0 Å². The van der Waals surface area contributed by atoms with Crippen molar-refractivity contribution in [2.24, 2.45) is 0 Å². The molecular weight excluding hydrogens is 459 g/mol. The zero-order valence-electron chi connectivity index (χ0n) is 18.6. The number of imidazole rings is 1. The molecular formula is C23H21FN6O5. The number of aromatic nitrogens is 4. The molecule has 2 aromatic heterocycles. The lowest BCUT2D eigenvalue weighted by Crippen LogP contribution is -2.40. The molecule has 4 aromatic rings. The number of aromatic amines is 2. The number of nitrogens with one attached hydrogen (secondary N) is 3. The SMILES string of the molecule is COc1cc(O)c(C(=O)Nc2c[nH]nc2-c2nc3cc(C(=O)N4CCOCC4)ccc3[nH]2)c(F)c1. The Bertz CT molecular complexity index is 1400. The Kier molecular flexibility index (Phi) is 5.79. The molecule has 0 atom stereocenters. The van der Waals surface area contributed by atoms with Crippen LogP contribution in [0.4, 0.5) is 10.1 Å². The van der Waals surface area contributed by atoms with Gasteiger partial charge in [-0.05, 0) is 18.2 Å². The number of rotatable bonds is 5. The fraction of sp³-hybridized carbons (Fsp3) is 0.217. The molecule has 0 radical (unpaired) electrons. The molecule has 180 valence electrons. The van der Waals surface area contributed by atoms with Gasteiger partial charge in [-0.1, -0.05) is 0 Å². The predicted octanol–water partition coefficient (Wildman–Crippen LogP) is 2.53. The number of methoxy groups -OCH3 is 1. The Morgan fingerprint density at radius 1 is 1.23 bits per heavy atom. The molecule has 3 heterocycles. The highest BCUT2D eigenvalue weighted by atomic mass is 19.1. The summed E-state index contributed by atoms with van der Waals surface area (Å²) in [5.41, 5.74) is 1.65. The van der Waals surface area contributed by atoms with Gasteiger partial charge in [-0.15, -0.1) is 0 Å². The van der Waals surface area contributed by atoms with Gasteiger partial charge in [-0.25, -0.2) is 9.37 Å². The molecule has 1 saturated heterocycles. The van der Waals surface area contributed by atoms with Gasteiger partial charge >= 0.3 is 0 Å². The molecule has 1 aliphatic rings. The zero-order valence-corrected chi connectivity index (χ0v) is 18.6. The van der Waals surface area contributed by atoms with Crippen molar-refractivity contribution in [2.75, 3.05) is 38.7 Å². The second-order valence-electron chi connectivity index (χ2n) is 7.83. The molecule has 0 unspecified atom stereocenters. The van der Waals surface area contributed by atoms with Crippen molar-refractivity contribution < 1.29 is 28.6 Å². The molecule has 5 rings (SSSR count). The summed E-state index contributed by atoms with van der Waals surface area (Å²) in [4.78, 5) is 34.8. The summed E-state index contributed by atoms with van der Waals surface area (Å²) in [6.07, 6.45) is 1.41. The smallest absolute Gasteiger partial charge is 0.262 e.